The summed E-state index contributed by atoms with van der Waals surface area (Å²) in [6.45, 7) is 2.41. The van der Waals surface area contributed by atoms with Crippen LogP contribution < -0.4 is 15.4 Å². The predicted molar refractivity (Wildman–Crippen MR) is 84.1 cm³/mol. The molecule has 0 radical (unpaired) electrons. The third-order valence-corrected chi connectivity index (χ3v) is 3.11. The number of rotatable bonds is 7. The summed E-state index contributed by atoms with van der Waals surface area (Å²) in [7, 11) is 1.58. The molecule has 2 rings (SSSR count). The maximum absolute atomic E-state index is 12.0. The van der Waals surface area contributed by atoms with Crippen LogP contribution in [0.25, 0.3) is 11.3 Å². The number of benzene rings is 1. The van der Waals surface area contributed by atoms with Gasteiger partial charge in [-0.25, -0.2) is 0 Å². The first kappa shape index (κ1) is 16.5. The molecule has 0 spiro atoms. The van der Waals surface area contributed by atoms with Gasteiger partial charge in [-0.15, -0.1) is 0 Å². The largest absolute Gasteiger partial charge is 0.497 e. The summed E-state index contributed by atoms with van der Waals surface area (Å²) < 4.78 is 10.4. The van der Waals surface area contributed by atoms with Crippen molar-refractivity contribution >= 4 is 11.8 Å². The van der Waals surface area contributed by atoms with E-state index in [1.54, 1.807) is 19.2 Å². The number of nitrogens with one attached hydrogen (secondary N) is 2. The molecule has 0 aliphatic heterocycles. The maximum atomic E-state index is 12.0. The number of amides is 2. The van der Waals surface area contributed by atoms with Crippen LogP contribution in [0, 0.1) is 0 Å². The van der Waals surface area contributed by atoms with Crippen LogP contribution in [0.4, 0.5) is 0 Å². The number of carbonyl (C=O) groups is 2. The molecule has 7 nitrogen and oxygen atoms in total. The van der Waals surface area contributed by atoms with Crippen LogP contribution in [0.2, 0.25) is 0 Å². The normalized spacial score (nSPS) is 10.2. The highest BCUT2D eigenvalue weighted by atomic mass is 16.5. The molecule has 122 valence electrons. The van der Waals surface area contributed by atoms with Gasteiger partial charge in [0.05, 0.1) is 7.11 Å². The summed E-state index contributed by atoms with van der Waals surface area (Å²) in [5.74, 6) is 0.789. The van der Waals surface area contributed by atoms with E-state index in [1.165, 1.54) is 6.92 Å². The van der Waals surface area contributed by atoms with Crippen molar-refractivity contribution in [2.24, 2.45) is 0 Å². The fourth-order valence-electron chi connectivity index (χ4n) is 1.94. The van der Waals surface area contributed by atoms with Gasteiger partial charge in [0.15, 0.2) is 11.5 Å². The zero-order valence-electron chi connectivity index (χ0n) is 13.1. The van der Waals surface area contributed by atoms with Gasteiger partial charge >= 0.3 is 0 Å². The molecule has 2 aromatic rings. The SMILES string of the molecule is COc1cccc(-c2cc(C(=O)NCCCNC(C)=O)no2)c1. The second kappa shape index (κ2) is 7.98. The standard InChI is InChI=1S/C16H19N3O4/c1-11(20)17-7-4-8-18-16(21)14-10-15(23-19-14)12-5-3-6-13(9-12)22-2/h3,5-6,9-10H,4,7-8H2,1-2H3,(H,17,20)(H,18,21). The fraction of sp³-hybridized carbons (Fsp3) is 0.312. The molecule has 0 unspecified atom stereocenters. The zero-order chi connectivity index (χ0) is 16.7. The minimum absolute atomic E-state index is 0.0873. The number of nitrogens with zero attached hydrogens (tertiary/aromatic N) is 1. The van der Waals surface area contributed by atoms with Crippen molar-refractivity contribution in [2.75, 3.05) is 20.2 Å². The molecule has 0 saturated heterocycles. The van der Waals surface area contributed by atoms with Crippen LogP contribution in [0.1, 0.15) is 23.8 Å². The van der Waals surface area contributed by atoms with Gasteiger partial charge in [-0.1, -0.05) is 17.3 Å². The van der Waals surface area contributed by atoms with Crippen LogP contribution in [0.3, 0.4) is 0 Å². The Bertz CT molecular complexity index is 681. The van der Waals surface area contributed by atoms with Crippen LogP contribution in [0.5, 0.6) is 5.75 Å². The van der Waals surface area contributed by atoms with Gasteiger partial charge in [0.1, 0.15) is 5.75 Å². The number of carbonyl (C=O) groups excluding carboxylic acids is 2. The molecule has 0 aliphatic carbocycles. The van der Waals surface area contributed by atoms with Gasteiger partial charge in [-0.3, -0.25) is 9.59 Å². The number of methoxy groups -OCH3 is 1. The van der Waals surface area contributed by atoms with E-state index in [0.717, 1.165) is 5.56 Å². The minimum Gasteiger partial charge on any atom is -0.497 e. The van der Waals surface area contributed by atoms with E-state index in [0.29, 0.717) is 31.0 Å². The van der Waals surface area contributed by atoms with Crippen molar-refractivity contribution < 1.29 is 18.8 Å². The van der Waals surface area contributed by atoms with Gasteiger partial charge < -0.3 is 19.9 Å². The first-order valence-corrected chi connectivity index (χ1v) is 7.24. The summed E-state index contributed by atoms with van der Waals surface area (Å²) >= 11 is 0. The summed E-state index contributed by atoms with van der Waals surface area (Å²) in [5.41, 5.74) is 0.990. The minimum atomic E-state index is -0.314. The highest BCUT2D eigenvalue weighted by molar-refractivity contribution is 5.93. The lowest BCUT2D eigenvalue weighted by Crippen LogP contribution is -2.28. The molecule has 1 heterocycles. The average Bonchev–Trinajstić information content (AvgIpc) is 3.04. The Kier molecular flexibility index (Phi) is 5.74. The van der Waals surface area contributed by atoms with Gasteiger partial charge in [-0.2, -0.15) is 0 Å². The van der Waals surface area contributed by atoms with E-state index in [1.807, 2.05) is 18.2 Å². The molecular weight excluding hydrogens is 298 g/mol. The van der Waals surface area contributed by atoms with Crippen LogP contribution in [0.15, 0.2) is 34.9 Å². The molecule has 0 saturated carbocycles. The smallest absolute Gasteiger partial charge is 0.273 e. The quantitative estimate of drug-likeness (QED) is 0.757. The lowest BCUT2D eigenvalue weighted by Gasteiger charge is -2.03. The van der Waals surface area contributed by atoms with Gasteiger partial charge in [0.25, 0.3) is 5.91 Å². The van der Waals surface area contributed by atoms with Crippen LogP contribution in [-0.4, -0.2) is 37.2 Å². The van der Waals surface area contributed by atoms with Crippen molar-refractivity contribution in [1.82, 2.24) is 15.8 Å². The van der Waals surface area contributed by atoms with Crippen LogP contribution >= 0.6 is 0 Å². The molecule has 0 aliphatic rings. The van der Waals surface area contributed by atoms with E-state index >= 15 is 0 Å². The average molecular weight is 317 g/mol. The topological polar surface area (TPSA) is 93.5 Å². The molecular formula is C16H19N3O4. The lowest BCUT2D eigenvalue weighted by molar-refractivity contribution is -0.118. The third-order valence-electron chi connectivity index (χ3n) is 3.11. The molecule has 0 atom stereocenters. The first-order valence-electron chi connectivity index (χ1n) is 7.24. The Labute approximate surface area is 134 Å². The highest BCUT2D eigenvalue weighted by Gasteiger charge is 2.13. The van der Waals surface area contributed by atoms with E-state index in [-0.39, 0.29) is 17.5 Å². The number of aromatic nitrogens is 1. The zero-order valence-corrected chi connectivity index (χ0v) is 13.1. The van der Waals surface area contributed by atoms with E-state index < -0.39 is 0 Å². The van der Waals surface area contributed by atoms with E-state index in [2.05, 4.69) is 15.8 Å². The molecule has 7 heteroatoms. The van der Waals surface area contributed by atoms with Crippen molar-refractivity contribution in [3.8, 4) is 17.1 Å². The predicted octanol–water partition coefficient (Wildman–Crippen LogP) is 1.61. The molecule has 1 aromatic carbocycles. The fourth-order valence-corrected chi connectivity index (χ4v) is 1.94. The first-order chi connectivity index (χ1) is 11.1. The Morgan fingerprint density at radius 2 is 2.00 bits per heavy atom. The van der Waals surface area contributed by atoms with Crippen molar-refractivity contribution in [3.05, 3.63) is 36.0 Å². The van der Waals surface area contributed by atoms with Gasteiger partial charge in [0, 0.05) is 31.6 Å². The second-order valence-electron chi connectivity index (χ2n) is 4.90. The van der Waals surface area contributed by atoms with Gasteiger partial charge in [0.2, 0.25) is 5.91 Å². The number of hydrogen-bond donors (Lipinski definition) is 2. The molecule has 1 aromatic heterocycles. The maximum Gasteiger partial charge on any atom is 0.273 e. The van der Waals surface area contributed by atoms with Crippen molar-refractivity contribution in [3.63, 3.8) is 0 Å². The molecule has 0 fully saturated rings. The lowest BCUT2D eigenvalue weighted by atomic mass is 10.1. The van der Waals surface area contributed by atoms with E-state index in [4.69, 9.17) is 9.26 Å². The Morgan fingerprint density at radius 3 is 2.74 bits per heavy atom. The summed E-state index contributed by atoms with van der Waals surface area (Å²) in [4.78, 5) is 22.7. The second-order valence-corrected chi connectivity index (χ2v) is 4.90. The van der Waals surface area contributed by atoms with Crippen molar-refractivity contribution in [1.29, 1.82) is 0 Å². The van der Waals surface area contributed by atoms with E-state index in [9.17, 15) is 9.59 Å². The van der Waals surface area contributed by atoms with Gasteiger partial charge in [-0.05, 0) is 18.6 Å². The third kappa shape index (κ3) is 4.84. The summed E-state index contributed by atoms with van der Waals surface area (Å²) in [6.07, 6.45) is 0.645. The number of ether oxygens (including phenoxy) is 1. The monoisotopic (exact) mass is 317 g/mol. The highest BCUT2D eigenvalue weighted by Crippen LogP contribution is 2.24. The number of hydrogen-bond acceptors (Lipinski definition) is 5. The summed E-state index contributed by atoms with van der Waals surface area (Å²) in [5, 5.41) is 9.16. The molecule has 2 amide bonds. The Balaban J connectivity index is 1.90. The molecule has 2 N–H and O–H groups in total. The summed E-state index contributed by atoms with van der Waals surface area (Å²) in [6, 6.07) is 8.88. The Morgan fingerprint density at radius 1 is 1.22 bits per heavy atom. The Hall–Kier alpha value is -2.83. The van der Waals surface area contributed by atoms with Crippen molar-refractivity contribution in [2.45, 2.75) is 13.3 Å². The van der Waals surface area contributed by atoms with Crippen LogP contribution in [-0.2, 0) is 4.79 Å². The molecule has 0 bridgehead atoms. The molecule has 23 heavy (non-hydrogen) atoms.